The number of nitrogens with zero attached hydrogens (tertiary/aromatic N) is 3. The number of hydrogen-bond donors (Lipinski definition) is 1. The van der Waals surface area contributed by atoms with Crippen LogP contribution < -0.4 is 5.32 Å². The summed E-state index contributed by atoms with van der Waals surface area (Å²) in [5.41, 5.74) is 0.214. The normalized spacial score (nSPS) is 24.8. The van der Waals surface area contributed by atoms with Gasteiger partial charge in [0.05, 0.1) is 24.8 Å². The van der Waals surface area contributed by atoms with Gasteiger partial charge < -0.3 is 10.1 Å². The van der Waals surface area contributed by atoms with Crippen molar-refractivity contribution in [1.82, 2.24) is 20.1 Å². The maximum atomic E-state index is 6.35. The Balaban J connectivity index is 1.54. The SMILES string of the molecule is CCCNCc1ncnn1CC1CCC2(CCCC2)O1. The highest BCUT2D eigenvalue weighted by Crippen LogP contribution is 2.43. The molecule has 1 aliphatic carbocycles. The summed E-state index contributed by atoms with van der Waals surface area (Å²) in [4.78, 5) is 4.35. The standard InChI is InChI=1S/C15H26N4O/c1-2-9-16-10-14-17-12-18-19(14)11-13-5-8-15(20-13)6-3-4-7-15/h12-13,16H,2-11H2,1H3. The first kappa shape index (κ1) is 14.0. The molecule has 0 aromatic carbocycles. The van der Waals surface area contributed by atoms with Gasteiger partial charge in [0.2, 0.25) is 0 Å². The predicted molar refractivity (Wildman–Crippen MR) is 77.3 cm³/mol. The lowest BCUT2D eigenvalue weighted by molar-refractivity contribution is -0.0432. The van der Waals surface area contributed by atoms with Crippen molar-refractivity contribution in [1.29, 1.82) is 0 Å². The average Bonchev–Trinajstić information content (AvgIpc) is 3.16. The number of rotatable bonds is 6. The molecule has 3 rings (SSSR count). The third kappa shape index (κ3) is 3.04. The van der Waals surface area contributed by atoms with E-state index in [0.29, 0.717) is 6.10 Å². The fourth-order valence-corrected chi connectivity index (χ4v) is 3.56. The maximum Gasteiger partial charge on any atom is 0.140 e. The zero-order chi connectivity index (χ0) is 13.8. The molecule has 5 nitrogen and oxygen atoms in total. The molecule has 1 atom stereocenters. The van der Waals surface area contributed by atoms with Gasteiger partial charge in [-0.2, -0.15) is 5.10 Å². The molecule has 112 valence electrons. The van der Waals surface area contributed by atoms with E-state index in [4.69, 9.17) is 4.74 Å². The van der Waals surface area contributed by atoms with Crippen LogP contribution in [0.3, 0.4) is 0 Å². The summed E-state index contributed by atoms with van der Waals surface area (Å²) in [6, 6.07) is 0. The van der Waals surface area contributed by atoms with Crippen molar-refractivity contribution in [3.8, 4) is 0 Å². The van der Waals surface area contributed by atoms with Crippen LogP contribution in [0.25, 0.3) is 0 Å². The van der Waals surface area contributed by atoms with Gasteiger partial charge in [0.1, 0.15) is 12.2 Å². The number of nitrogens with one attached hydrogen (secondary N) is 1. The van der Waals surface area contributed by atoms with Crippen LogP contribution in [0.4, 0.5) is 0 Å². The van der Waals surface area contributed by atoms with Crippen LogP contribution in [0.15, 0.2) is 6.33 Å². The largest absolute Gasteiger partial charge is 0.370 e. The quantitative estimate of drug-likeness (QED) is 0.811. The molecule has 1 saturated heterocycles. The van der Waals surface area contributed by atoms with E-state index in [1.165, 1.54) is 38.5 Å². The molecule has 1 N–H and O–H groups in total. The van der Waals surface area contributed by atoms with Gasteiger partial charge in [0.25, 0.3) is 0 Å². The van der Waals surface area contributed by atoms with Crippen LogP contribution in [0.2, 0.25) is 0 Å². The molecule has 2 fully saturated rings. The Morgan fingerprint density at radius 1 is 1.40 bits per heavy atom. The van der Waals surface area contributed by atoms with E-state index >= 15 is 0 Å². The highest BCUT2D eigenvalue weighted by Gasteiger charge is 2.42. The Hall–Kier alpha value is -0.940. The zero-order valence-corrected chi connectivity index (χ0v) is 12.5. The Bertz CT molecular complexity index is 425. The van der Waals surface area contributed by atoms with Crippen molar-refractivity contribution >= 4 is 0 Å². The fourth-order valence-electron chi connectivity index (χ4n) is 3.56. The smallest absolute Gasteiger partial charge is 0.140 e. The van der Waals surface area contributed by atoms with Gasteiger partial charge in [-0.05, 0) is 38.6 Å². The second-order valence-electron chi connectivity index (χ2n) is 6.20. The van der Waals surface area contributed by atoms with Crippen LogP contribution in [0.5, 0.6) is 0 Å². The first-order valence-electron chi connectivity index (χ1n) is 8.06. The van der Waals surface area contributed by atoms with E-state index in [-0.39, 0.29) is 5.60 Å². The highest BCUT2D eigenvalue weighted by atomic mass is 16.5. The Labute approximate surface area is 121 Å². The Kier molecular flexibility index (Phi) is 4.36. The van der Waals surface area contributed by atoms with Crippen LogP contribution >= 0.6 is 0 Å². The molecule has 0 bridgehead atoms. The van der Waals surface area contributed by atoms with E-state index in [9.17, 15) is 0 Å². The molecule has 1 saturated carbocycles. The van der Waals surface area contributed by atoms with E-state index < -0.39 is 0 Å². The lowest BCUT2D eigenvalue weighted by Crippen LogP contribution is -2.28. The second kappa shape index (κ2) is 6.22. The van der Waals surface area contributed by atoms with Gasteiger partial charge in [0, 0.05) is 0 Å². The van der Waals surface area contributed by atoms with Crippen molar-refractivity contribution in [2.75, 3.05) is 6.54 Å². The van der Waals surface area contributed by atoms with Gasteiger partial charge in [-0.15, -0.1) is 0 Å². The Morgan fingerprint density at radius 2 is 2.25 bits per heavy atom. The van der Waals surface area contributed by atoms with E-state index in [1.54, 1.807) is 6.33 Å². The molecule has 2 aliphatic rings. The number of aromatic nitrogens is 3. The fraction of sp³-hybridized carbons (Fsp3) is 0.867. The third-order valence-electron chi connectivity index (χ3n) is 4.64. The predicted octanol–water partition coefficient (Wildman–Crippen LogP) is 2.27. The van der Waals surface area contributed by atoms with Gasteiger partial charge in [-0.1, -0.05) is 19.8 Å². The summed E-state index contributed by atoms with van der Waals surface area (Å²) < 4.78 is 8.37. The molecular weight excluding hydrogens is 252 g/mol. The van der Waals surface area contributed by atoms with Crippen molar-refractivity contribution in [3.63, 3.8) is 0 Å². The summed E-state index contributed by atoms with van der Waals surface area (Å²) in [6.45, 7) is 4.84. The van der Waals surface area contributed by atoms with Crippen LogP contribution in [0, 0.1) is 0 Å². The molecule has 1 aromatic heterocycles. The maximum absolute atomic E-state index is 6.35. The van der Waals surface area contributed by atoms with Gasteiger partial charge in [0.15, 0.2) is 0 Å². The first-order valence-corrected chi connectivity index (χ1v) is 8.06. The van der Waals surface area contributed by atoms with E-state index in [1.807, 2.05) is 4.68 Å². The summed E-state index contributed by atoms with van der Waals surface area (Å²) in [7, 11) is 0. The number of ether oxygens (including phenoxy) is 1. The lowest BCUT2D eigenvalue weighted by atomic mass is 9.98. The molecule has 1 aromatic rings. The first-order chi connectivity index (χ1) is 9.81. The Morgan fingerprint density at radius 3 is 3.05 bits per heavy atom. The third-order valence-corrected chi connectivity index (χ3v) is 4.64. The summed E-state index contributed by atoms with van der Waals surface area (Å²) in [5, 5.41) is 7.75. The average molecular weight is 278 g/mol. The van der Waals surface area contributed by atoms with E-state index in [2.05, 4.69) is 22.3 Å². The second-order valence-corrected chi connectivity index (χ2v) is 6.20. The van der Waals surface area contributed by atoms with Crippen LogP contribution in [-0.2, 0) is 17.8 Å². The minimum Gasteiger partial charge on any atom is -0.370 e. The van der Waals surface area contributed by atoms with Crippen LogP contribution in [-0.4, -0.2) is 33.0 Å². The zero-order valence-electron chi connectivity index (χ0n) is 12.5. The molecule has 1 spiro atoms. The molecule has 20 heavy (non-hydrogen) atoms. The molecular formula is C15H26N4O. The molecule has 2 heterocycles. The van der Waals surface area contributed by atoms with Crippen molar-refractivity contribution < 1.29 is 4.74 Å². The van der Waals surface area contributed by atoms with Gasteiger partial charge in [-0.3, -0.25) is 0 Å². The molecule has 0 radical (unpaired) electrons. The lowest BCUT2D eigenvalue weighted by Gasteiger charge is -2.23. The van der Waals surface area contributed by atoms with Crippen molar-refractivity contribution in [2.45, 2.75) is 76.7 Å². The van der Waals surface area contributed by atoms with E-state index in [0.717, 1.165) is 31.9 Å². The number of hydrogen-bond acceptors (Lipinski definition) is 4. The topological polar surface area (TPSA) is 52.0 Å². The molecule has 5 heteroatoms. The molecule has 1 aliphatic heterocycles. The summed E-state index contributed by atoms with van der Waals surface area (Å²) in [6.07, 6.45) is 10.7. The van der Waals surface area contributed by atoms with Crippen molar-refractivity contribution in [3.05, 3.63) is 12.2 Å². The van der Waals surface area contributed by atoms with Gasteiger partial charge >= 0.3 is 0 Å². The minimum absolute atomic E-state index is 0.214. The summed E-state index contributed by atoms with van der Waals surface area (Å²) >= 11 is 0. The van der Waals surface area contributed by atoms with Crippen LogP contribution in [0.1, 0.15) is 57.7 Å². The molecule has 1 unspecified atom stereocenters. The summed E-state index contributed by atoms with van der Waals surface area (Å²) in [5.74, 6) is 1.02. The van der Waals surface area contributed by atoms with Crippen molar-refractivity contribution in [2.24, 2.45) is 0 Å². The monoisotopic (exact) mass is 278 g/mol. The minimum atomic E-state index is 0.214. The highest BCUT2D eigenvalue weighted by molar-refractivity contribution is 4.93. The van der Waals surface area contributed by atoms with Gasteiger partial charge in [-0.25, -0.2) is 9.67 Å². The molecule has 0 amide bonds.